The van der Waals surface area contributed by atoms with Crippen LogP contribution in [0.3, 0.4) is 0 Å². The van der Waals surface area contributed by atoms with Crippen molar-refractivity contribution in [2.45, 2.75) is 33.2 Å². The second kappa shape index (κ2) is 7.36. The molecule has 0 spiro atoms. The van der Waals surface area contributed by atoms with Crippen molar-refractivity contribution in [1.29, 1.82) is 0 Å². The first-order chi connectivity index (χ1) is 7.77. The van der Waals surface area contributed by atoms with Crippen LogP contribution in [0.4, 0.5) is 0 Å². The van der Waals surface area contributed by atoms with Crippen LogP contribution < -0.4 is 5.73 Å². The van der Waals surface area contributed by atoms with Crippen LogP contribution >= 0.6 is 0 Å². The van der Waals surface area contributed by atoms with Gasteiger partial charge in [0.1, 0.15) is 0 Å². The number of hydrogen-bond acceptors (Lipinski definition) is 3. The molecule has 3 nitrogen and oxygen atoms in total. The molecular formula is C13H23N3. The molecule has 1 rings (SSSR count). The summed E-state index contributed by atoms with van der Waals surface area (Å²) in [6, 6.07) is 4.11. The van der Waals surface area contributed by atoms with Crippen molar-refractivity contribution in [3.8, 4) is 0 Å². The topological polar surface area (TPSA) is 42.1 Å². The lowest BCUT2D eigenvalue weighted by atomic mass is 10.2. The highest BCUT2D eigenvalue weighted by atomic mass is 15.1. The van der Waals surface area contributed by atoms with Gasteiger partial charge in [-0.25, -0.2) is 0 Å². The van der Waals surface area contributed by atoms with E-state index >= 15 is 0 Å². The fourth-order valence-corrected chi connectivity index (χ4v) is 1.80. The van der Waals surface area contributed by atoms with E-state index in [0.717, 1.165) is 32.6 Å². The lowest BCUT2D eigenvalue weighted by molar-refractivity contribution is 0.260. The lowest BCUT2D eigenvalue weighted by Crippen LogP contribution is -2.27. The molecule has 0 amide bonds. The maximum Gasteiger partial charge on any atom is 0.0573 e. The quantitative estimate of drug-likeness (QED) is 0.765. The van der Waals surface area contributed by atoms with Gasteiger partial charge in [-0.15, -0.1) is 0 Å². The largest absolute Gasteiger partial charge is 0.330 e. The van der Waals surface area contributed by atoms with Crippen LogP contribution in [-0.2, 0) is 6.54 Å². The smallest absolute Gasteiger partial charge is 0.0573 e. The van der Waals surface area contributed by atoms with Crippen molar-refractivity contribution in [3.63, 3.8) is 0 Å². The predicted molar refractivity (Wildman–Crippen MR) is 68.2 cm³/mol. The van der Waals surface area contributed by atoms with Gasteiger partial charge in [0, 0.05) is 12.7 Å². The summed E-state index contributed by atoms with van der Waals surface area (Å²) in [7, 11) is 0. The molecule has 0 unspecified atom stereocenters. The van der Waals surface area contributed by atoms with Crippen LogP contribution in [-0.4, -0.2) is 29.5 Å². The van der Waals surface area contributed by atoms with E-state index in [1.807, 2.05) is 12.3 Å². The highest BCUT2D eigenvalue weighted by Crippen LogP contribution is 2.08. The fourth-order valence-electron chi connectivity index (χ4n) is 1.80. The van der Waals surface area contributed by atoms with Gasteiger partial charge in [-0.1, -0.05) is 13.0 Å². The van der Waals surface area contributed by atoms with Crippen molar-refractivity contribution in [1.82, 2.24) is 9.88 Å². The number of pyridine rings is 1. The van der Waals surface area contributed by atoms with Crippen molar-refractivity contribution in [2.24, 2.45) is 5.73 Å². The monoisotopic (exact) mass is 221 g/mol. The summed E-state index contributed by atoms with van der Waals surface area (Å²) in [5.41, 5.74) is 8.02. The van der Waals surface area contributed by atoms with Gasteiger partial charge in [-0.3, -0.25) is 9.88 Å². The third-order valence-corrected chi connectivity index (χ3v) is 2.71. The van der Waals surface area contributed by atoms with Gasteiger partial charge in [0.05, 0.1) is 5.69 Å². The third kappa shape index (κ3) is 4.29. The van der Waals surface area contributed by atoms with Crippen molar-refractivity contribution < 1.29 is 0 Å². The maximum atomic E-state index is 5.55. The van der Waals surface area contributed by atoms with E-state index in [4.69, 9.17) is 5.73 Å². The minimum Gasteiger partial charge on any atom is -0.330 e. The molecule has 1 heterocycles. The van der Waals surface area contributed by atoms with E-state index in [0.29, 0.717) is 0 Å². The summed E-state index contributed by atoms with van der Waals surface area (Å²) in [6.45, 7) is 8.23. The zero-order chi connectivity index (χ0) is 11.8. The Hall–Kier alpha value is -0.930. The highest BCUT2D eigenvalue weighted by Gasteiger charge is 2.06. The number of nitrogens with zero attached hydrogens (tertiary/aromatic N) is 2. The molecule has 1 aromatic heterocycles. The fraction of sp³-hybridized carbons (Fsp3) is 0.615. The summed E-state index contributed by atoms with van der Waals surface area (Å²) in [5.74, 6) is 0. The number of aromatic nitrogens is 1. The SMILES string of the molecule is CCCN(CCCN)Cc1ncccc1C. The van der Waals surface area contributed by atoms with Crippen LogP contribution in [0.5, 0.6) is 0 Å². The van der Waals surface area contributed by atoms with Crippen LogP contribution in [0.15, 0.2) is 18.3 Å². The molecule has 0 aliphatic rings. The lowest BCUT2D eigenvalue weighted by Gasteiger charge is -2.21. The van der Waals surface area contributed by atoms with E-state index in [1.165, 1.54) is 17.7 Å². The van der Waals surface area contributed by atoms with Crippen LogP contribution in [0.2, 0.25) is 0 Å². The Morgan fingerprint density at radius 3 is 2.81 bits per heavy atom. The number of rotatable bonds is 7. The minimum absolute atomic E-state index is 0.765. The number of nitrogens with two attached hydrogens (primary N) is 1. The standard InChI is InChI=1S/C13H23N3/c1-3-9-16(10-5-7-14)11-13-12(2)6-4-8-15-13/h4,6,8H,3,5,7,9-11,14H2,1-2H3. The number of hydrogen-bond donors (Lipinski definition) is 1. The minimum atomic E-state index is 0.765. The van der Waals surface area contributed by atoms with E-state index in [1.54, 1.807) is 0 Å². The molecule has 0 saturated carbocycles. The Bertz CT molecular complexity index is 299. The van der Waals surface area contributed by atoms with Gasteiger partial charge in [0.25, 0.3) is 0 Å². The summed E-state index contributed by atoms with van der Waals surface area (Å²) < 4.78 is 0. The first kappa shape index (κ1) is 13.1. The average Bonchev–Trinajstić information content (AvgIpc) is 2.29. The normalized spacial score (nSPS) is 11.0. The van der Waals surface area contributed by atoms with E-state index in [9.17, 15) is 0 Å². The van der Waals surface area contributed by atoms with E-state index in [-0.39, 0.29) is 0 Å². The molecule has 0 atom stereocenters. The van der Waals surface area contributed by atoms with Crippen molar-refractivity contribution in [2.75, 3.05) is 19.6 Å². The van der Waals surface area contributed by atoms with Crippen molar-refractivity contribution in [3.05, 3.63) is 29.6 Å². The molecule has 1 aromatic rings. The third-order valence-electron chi connectivity index (χ3n) is 2.71. The summed E-state index contributed by atoms with van der Waals surface area (Å²) in [5, 5.41) is 0. The second-order valence-corrected chi connectivity index (χ2v) is 4.19. The summed E-state index contributed by atoms with van der Waals surface area (Å²) in [4.78, 5) is 6.87. The maximum absolute atomic E-state index is 5.55. The van der Waals surface area contributed by atoms with Crippen LogP contribution in [0.25, 0.3) is 0 Å². The summed E-state index contributed by atoms with van der Waals surface area (Å²) in [6.07, 6.45) is 4.11. The van der Waals surface area contributed by atoms with Gasteiger partial charge in [-0.05, 0) is 51.0 Å². The molecule has 2 N–H and O–H groups in total. The molecule has 0 bridgehead atoms. The van der Waals surface area contributed by atoms with Gasteiger partial charge in [0.2, 0.25) is 0 Å². The molecule has 0 aromatic carbocycles. The van der Waals surface area contributed by atoms with Crippen LogP contribution in [0, 0.1) is 6.92 Å². The Balaban J connectivity index is 2.56. The van der Waals surface area contributed by atoms with E-state index in [2.05, 4.69) is 29.8 Å². The first-order valence-corrected chi connectivity index (χ1v) is 6.10. The molecule has 90 valence electrons. The van der Waals surface area contributed by atoms with Gasteiger partial charge in [-0.2, -0.15) is 0 Å². The molecule has 0 aliphatic carbocycles. The Kier molecular flexibility index (Phi) is 6.04. The van der Waals surface area contributed by atoms with Gasteiger partial charge >= 0.3 is 0 Å². The average molecular weight is 221 g/mol. The Labute approximate surface area is 98.7 Å². The zero-order valence-corrected chi connectivity index (χ0v) is 10.4. The molecule has 16 heavy (non-hydrogen) atoms. The molecular weight excluding hydrogens is 198 g/mol. The predicted octanol–water partition coefficient (Wildman–Crippen LogP) is 1.95. The molecule has 0 radical (unpaired) electrons. The Morgan fingerprint density at radius 2 is 2.19 bits per heavy atom. The van der Waals surface area contributed by atoms with Crippen molar-refractivity contribution >= 4 is 0 Å². The van der Waals surface area contributed by atoms with Gasteiger partial charge in [0.15, 0.2) is 0 Å². The second-order valence-electron chi connectivity index (χ2n) is 4.19. The summed E-state index contributed by atoms with van der Waals surface area (Å²) >= 11 is 0. The molecule has 0 saturated heterocycles. The van der Waals surface area contributed by atoms with Gasteiger partial charge < -0.3 is 5.73 Å². The number of aryl methyl sites for hydroxylation is 1. The molecule has 3 heteroatoms. The molecule has 0 aliphatic heterocycles. The highest BCUT2D eigenvalue weighted by molar-refractivity contribution is 5.17. The zero-order valence-electron chi connectivity index (χ0n) is 10.4. The first-order valence-electron chi connectivity index (χ1n) is 6.10. The Morgan fingerprint density at radius 1 is 1.38 bits per heavy atom. The van der Waals surface area contributed by atoms with Crippen LogP contribution in [0.1, 0.15) is 31.0 Å². The van der Waals surface area contributed by atoms with E-state index < -0.39 is 0 Å². The molecule has 0 fully saturated rings.